The van der Waals surface area contributed by atoms with Gasteiger partial charge in [0.2, 0.25) is 0 Å². The van der Waals surface area contributed by atoms with Gasteiger partial charge in [0, 0.05) is 17.1 Å². The molecule has 0 spiro atoms. The molecule has 0 aromatic heterocycles. The van der Waals surface area contributed by atoms with E-state index in [-0.39, 0.29) is 11.9 Å². The summed E-state index contributed by atoms with van der Waals surface area (Å²) in [4.78, 5) is 12.7. The minimum Gasteiger partial charge on any atom is -0.345 e. The van der Waals surface area contributed by atoms with E-state index in [2.05, 4.69) is 41.7 Å². The number of nitrogens with one attached hydrogen (secondary N) is 1. The van der Waals surface area contributed by atoms with Gasteiger partial charge in [-0.1, -0.05) is 54.6 Å². The molecule has 0 aliphatic carbocycles. The van der Waals surface area contributed by atoms with Crippen LogP contribution in [0.3, 0.4) is 0 Å². The maximum Gasteiger partial charge on any atom is 0.251 e. The van der Waals surface area contributed by atoms with Crippen LogP contribution in [0.15, 0.2) is 66.7 Å². The van der Waals surface area contributed by atoms with Gasteiger partial charge in [-0.25, -0.2) is 0 Å². The zero-order valence-electron chi connectivity index (χ0n) is 14.6. The van der Waals surface area contributed by atoms with Crippen molar-refractivity contribution < 1.29 is 4.79 Å². The Morgan fingerprint density at radius 3 is 2.42 bits per heavy atom. The number of hydrogen-bond donors (Lipinski definition) is 1. The number of rotatable bonds is 4. The maximum atomic E-state index is 12.7. The standard InChI is InChI=1S/C22H21NOS2/c1-15(19-8-4-6-16-5-2-3-7-20(16)19)23-21(24)17-9-11-18(12-10-17)22-25-13-14-26-22/h2-12,15,22H,13-14H2,1H3,(H,23,24). The second-order valence-electron chi connectivity index (χ2n) is 6.46. The number of carbonyl (C=O) groups excluding carboxylic acids is 1. The summed E-state index contributed by atoms with van der Waals surface area (Å²) in [6.07, 6.45) is 0. The Balaban J connectivity index is 1.50. The fourth-order valence-electron chi connectivity index (χ4n) is 3.33. The molecule has 26 heavy (non-hydrogen) atoms. The number of amides is 1. The topological polar surface area (TPSA) is 29.1 Å². The van der Waals surface area contributed by atoms with Gasteiger partial charge in [0.25, 0.3) is 5.91 Å². The largest absolute Gasteiger partial charge is 0.345 e. The van der Waals surface area contributed by atoms with Crippen molar-refractivity contribution in [3.63, 3.8) is 0 Å². The van der Waals surface area contributed by atoms with Crippen molar-refractivity contribution in [2.75, 3.05) is 11.5 Å². The molecule has 1 amide bonds. The quantitative estimate of drug-likeness (QED) is 0.620. The number of thioether (sulfide) groups is 2. The van der Waals surface area contributed by atoms with Crippen molar-refractivity contribution in [3.8, 4) is 0 Å². The zero-order chi connectivity index (χ0) is 17.9. The van der Waals surface area contributed by atoms with Crippen molar-refractivity contribution in [3.05, 3.63) is 83.4 Å². The Morgan fingerprint density at radius 2 is 1.65 bits per heavy atom. The summed E-state index contributed by atoms with van der Waals surface area (Å²) in [5.74, 6) is 2.39. The Hall–Kier alpha value is -1.91. The molecule has 132 valence electrons. The minimum atomic E-state index is -0.0470. The molecule has 4 heteroatoms. The molecular weight excluding hydrogens is 358 g/mol. The van der Waals surface area contributed by atoms with E-state index in [0.29, 0.717) is 10.1 Å². The van der Waals surface area contributed by atoms with Crippen LogP contribution in [0, 0.1) is 0 Å². The van der Waals surface area contributed by atoms with Crippen molar-refractivity contribution in [1.29, 1.82) is 0 Å². The van der Waals surface area contributed by atoms with Gasteiger partial charge in [0.15, 0.2) is 0 Å². The normalized spacial score (nSPS) is 15.9. The molecule has 0 saturated carbocycles. The van der Waals surface area contributed by atoms with E-state index in [9.17, 15) is 4.79 Å². The molecule has 2 nitrogen and oxygen atoms in total. The highest BCUT2D eigenvalue weighted by Crippen LogP contribution is 2.45. The van der Waals surface area contributed by atoms with Crippen LogP contribution >= 0.6 is 23.5 Å². The van der Waals surface area contributed by atoms with Gasteiger partial charge in [-0.3, -0.25) is 4.79 Å². The fourth-order valence-corrected chi connectivity index (χ4v) is 6.19. The predicted octanol–water partition coefficient (Wildman–Crippen LogP) is 5.81. The Labute approximate surface area is 162 Å². The Kier molecular flexibility index (Phi) is 5.23. The third-order valence-corrected chi connectivity index (χ3v) is 7.81. The van der Waals surface area contributed by atoms with E-state index < -0.39 is 0 Å². The monoisotopic (exact) mass is 379 g/mol. The SMILES string of the molecule is CC(NC(=O)c1ccc(C2SCCS2)cc1)c1cccc2ccccc12. The summed E-state index contributed by atoms with van der Waals surface area (Å²) in [5, 5.41) is 5.53. The first-order valence-electron chi connectivity index (χ1n) is 8.84. The van der Waals surface area contributed by atoms with E-state index >= 15 is 0 Å². The molecule has 0 bridgehead atoms. The van der Waals surface area contributed by atoms with E-state index in [1.165, 1.54) is 27.8 Å². The molecule has 1 saturated heterocycles. The molecule has 3 aromatic rings. The van der Waals surface area contributed by atoms with Gasteiger partial charge in [-0.15, -0.1) is 23.5 Å². The van der Waals surface area contributed by atoms with Crippen molar-refractivity contribution >= 4 is 40.2 Å². The lowest BCUT2D eigenvalue weighted by molar-refractivity contribution is 0.0940. The maximum absolute atomic E-state index is 12.7. The van der Waals surface area contributed by atoms with Crippen LogP contribution in [0.5, 0.6) is 0 Å². The van der Waals surface area contributed by atoms with E-state index in [1.54, 1.807) is 0 Å². The lowest BCUT2D eigenvalue weighted by Crippen LogP contribution is -2.26. The second-order valence-corrected chi connectivity index (χ2v) is 9.18. The molecule has 3 aromatic carbocycles. The van der Waals surface area contributed by atoms with Crippen molar-refractivity contribution in [2.24, 2.45) is 0 Å². The Morgan fingerprint density at radius 1 is 0.962 bits per heavy atom. The zero-order valence-corrected chi connectivity index (χ0v) is 16.3. The van der Waals surface area contributed by atoms with E-state index in [0.717, 1.165) is 5.56 Å². The van der Waals surface area contributed by atoms with Crippen LogP contribution in [0.2, 0.25) is 0 Å². The van der Waals surface area contributed by atoms with Gasteiger partial charge < -0.3 is 5.32 Å². The first-order chi connectivity index (χ1) is 12.7. The third-order valence-electron chi connectivity index (χ3n) is 4.70. The highest BCUT2D eigenvalue weighted by molar-refractivity contribution is 8.19. The number of benzene rings is 3. The lowest BCUT2D eigenvalue weighted by Gasteiger charge is -2.17. The van der Waals surface area contributed by atoms with Crippen LogP contribution in [0.1, 0.15) is 39.0 Å². The minimum absolute atomic E-state index is 0.0243. The van der Waals surface area contributed by atoms with Crippen LogP contribution < -0.4 is 5.32 Å². The molecule has 0 radical (unpaired) electrons. The van der Waals surface area contributed by atoms with Crippen LogP contribution in [0.4, 0.5) is 0 Å². The number of carbonyl (C=O) groups is 1. The summed E-state index contributed by atoms with van der Waals surface area (Å²) in [7, 11) is 0. The summed E-state index contributed by atoms with van der Waals surface area (Å²) < 4.78 is 0.515. The molecular formula is C22H21NOS2. The van der Waals surface area contributed by atoms with Crippen LogP contribution in [-0.2, 0) is 0 Å². The molecule has 4 rings (SSSR count). The predicted molar refractivity (Wildman–Crippen MR) is 114 cm³/mol. The van der Waals surface area contributed by atoms with Crippen LogP contribution in [-0.4, -0.2) is 17.4 Å². The Bertz CT molecular complexity index is 912. The summed E-state index contributed by atoms with van der Waals surface area (Å²) in [6.45, 7) is 2.04. The summed E-state index contributed by atoms with van der Waals surface area (Å²) in [6, 6.07) is 22.6. The molecule has 1 aliphatic rings. The summed E-state index contributed by atoms with van der Waals surface area (Å²) in [5.41, 5.74) is 3.16. The fraction of sp³-hybridized carbons (Fsp3) is 0.227. The highest BCUT2D eigenvalue weighted by Gasteiger charge is 2.19. The van der Waals surface area contributed by atoms with Gasteiger partial charge in [-0.05, 0) is 41.0 Å². The van der Waals surface area contributed by atoms with Gasteiger partial charge in [-0.2, -0.15) is 0 Å². The average molecular weight is 380 g/mol. The molecule has 1 unspecified atom stereocenters. The molecule has 1 aliphatic heterocycles. The van der Waals surface area contributed by atoms with Crippen molar-refractivity contribution in [1.82, 2.24) is 5.32 Å². The van der Waals surface area contributed by atoms with Crippen molar-refractivity contribution in [2.45, 2.75) is 17.5 Å². The molecule has 1 heterocycles. The lowest BCUT2D eigenvalue weighted by atomic mass is 9.99. The first-order valence-corrected chi connectivity index (χ1v) is 10.9. The molecule has 1 atom stereocenters. The highest BCUT2D eigenvalue weighted by atomic mass is 32.2. The molecule has 1 N–H and O–H groups in total. The third kappa shape index (κ3) is 3.62. The van der Waals surface area contributed by atoms with Gasteiger partial charge in [0.05, 0.1) is 10.6 Å². The van der Waals surface area contributed by atoms with E-state index in [1.807, 2.05) is 60.8 Å². The molecule has 1 fully saturated rings. The first kappa shape index (κ1) is 17.5. The number of fused-ring (bicyclic) bond motifs is 1. The van der Waals surface area contributed by atoms with Gasteiger partial charge >= 0.3 is 0 Å². The smallest absolute Gasteiger partial charge is 0.251 e. The van der Waals surface area contributed by atoms with Crippen LogP contribution in [0.25, 0.3) is 10.8 Å². The average Bonchev–Trinajstić information content (AvgIpc) is 3.22. The summed E-state index contributed by atoms with van der Waals surface area (Å²) >= 11 is 3.96. The second kappa shape index (κ2) is 7.77. The number of hydrogen-bond acceptors (Lipinski definition) is 3. The van der Waals surface area contributed by atoms with E-state index in [4.69, 9.17) is 0 Å². The van der Waals surface area contributed by atoms with Gasteiger partial charge in [0.1, 0.15) is 0 Å².